The van der Waals surface area contributed by atoms with Crippen LogP contribution in [0.5, 0.6) is 0 Å². The van der Waals surface area contributed by atoms with Crippen LogP contribution in [0.2, 0.25) is 0 Å². The van der Waals surface area contributed by atoms with Gasteiger partial charge >= 0.3 is 6.09 Å². The third kappa shape index (κ3) is 4.25. The topological polar surface area (TPSA) is 85.7 Å². The Labute approximate surface area is 163 Å². The minimum Gasteiger partial charge on any atom is -0.442 e. The highest BCUT2D eigenvalue weighted by Gasteiger charge is 2.33. The molecule has 3 rings (SSSR count). The second kappa shape index (κ2) is 8.30. The van der Waals surface area contributed by atoms with Crippen molar-refractivity contribution in [2.75, 3.05) is 36.0 Å². The first kappa shape index (κ1) is 19.7. The van der Waals surface area contributed by atoms with E-state index in [-0.39, 0.29) is 24.9 Å². The molecule has 8 heteroatoms. The molecule has 0 unspecified atom stereocenters. The molecule has 2 aliphatic heterocycles. The highest BCUT2D eigenvalue weighted by atomic mass is 19.1. The van der Waals surface area contributed by atoms with Gasteiger partial charge in [0, 0.05) is 20.0 Å². The molecule has 1 aromatic rings. The van der Waals surface area contributed by atoms with Gasteiger partial charge in [0.1, 0.15) is 11.9 Å². The monoisotopic (exact) mass is 386 g/mol. The Kier molecular flexibility index (Phi) is 5.83. The number of halogens is 1. The van der Waals surface area contributed by atoms with Crippen LogP contribution in [0.1, 0.15) is 20.3 Å². The van der Waals surface area contributed by atoms with Crippen LogP contribution in [0.15, 0.2) is 29.8 Å². The number of benzene rings is 1. The highest BCUT2D eigenvalue weighted by Crippen LogP contribution is 2.31. The first-order valence-corrected chi connectivity index (χ1v) is 9.22. The Morgan fingerprint density at radius 2 is 2.21 bits per heavy atom. The number of rotatable bonds is 5. The van der Waals surface area contributed by atoms with Gasteiger partial charge in [-0.3, -0.25) is 9.69 Å². The van der Waals surface area contributed by atoms with Crippen molar-refractivity contribution in [3.8, 4) is 6.07 Å². The number of hydrogen-bond donors (Lipinski definition) is 1. The van der Waals surface area contributed by atoms with E-state index in [2.05, 4.69) is 11.4 Å². The van der Waals surface area contributed by atoms with Gasteiger partial charge in [0.05, 0.1) is 37.0 Å². The molecule has 2 heterocycles. The number of nitrogens with zero attached hydrogens (tertiary/aromatic N) is 3. The van der Waals surface area contributed by atoms with Crippen molar-refractivity contribution in [1.82, 2.24) is 5.32 Å². The molecule has 0 radical (unpaired) electrons. The molecule has 1 fully saturated rings. The van der Waals surface area contributed by atoms with Gasteiger partial charge in [-0.1, -0.05) is 18.6 Å². The van der Waals surface area contributed by atoms with Crippen molar-refractivity contribution in [2.45, 2.75) is 26.4 Å². The molecule has 1 aromatic carbocycles. The van der Waals surface area contributed by atoms with Crippen LogP contribution in [0.3, 0.4) is 0 Å². The first-order chi connectivity index (χ1) is 13.4. The quantitative estimate of drug-likeness (QED) is 0.786. The van der Waals surface area contributed by atoms with Crippen LogP contribution >= 0.6 is 0 Å². The van der Waals surface area contributed by atoms with Gasteiger partial charge in [-0.25, -0.2) is 9.18 Å². The Bertz CT molecular complexity index is 848. The second-order valence-corrected chi connectivity index (χ2v) is 7.11. The number of carbonyl (C=O) groups excluding carboxylic acids is 2. The van der Waals surface area contributed by atoms with Gasteiger partial charge in [-0.05, 0) is 24.1 Å². The number of nitrogens with one attached hydrogen (secondary N) is 1. The van der Waals surface area contributed by atoms with E-state index in [0.717, 1.165) is 5.57 Å². The molecular weight excluding hydrogens is 363 g/mol. The van der Waals surface area contributed by atoms with E-state index in [1.54, 1.807) is 12.1 Å². The Morgan fingerprint density at radius 1 is 1.43 bits per heavy atom. The molecule has 2 atom stereocenters. The molecule has 1 N–H and O–H groups in total. The first-order valence-electron chi connectivity index (χ1n) is 9.22. The number of amides is 2. The zero-order valence-corrected chi connectivity index (χ0v) is 15.9. The molecule has 2 aliphatic rings. The fourth-order valence-corrected chi connectivity index (χ4v) is 3.50. The van der Waals surface area contributed by atoms with Gasteiger partial charge in [-0.2, -0.15) is 5.26 Å². The Hall–Kier alpha value is -3.08. The molecule has 0 saturated carbocycles. The summed E-state index contributed by atoms with van der Waals surface area (Å²) in [4.78, 5) is 26.4. The molecule has 7 nitrogen and oxygen atoms in total. The molecule has 0 bridgehead atoms. The summed E-state index contributed by atoms with van der Waals surface area (Å²) in [6.07, 6.45) is 1.35. The molecule has 2 amide bonds. The van der Waals surface area contributed by atoms with Crippen molar-refractivity contribution in [3.05, 3.63) is 35.7 Å². The van der Waals surface area contributed by atoms with Crippen LogP contribution in [0.4, 0.5) is 20.6 Å². The Morgan fingerprint density at radius 3 is 2.86 bits per heavy atom. The molecule has 0 aromatic heterocycles. The van der Waals surface area contributed by atoms with Crippen molar-refractivity contribution >= 4 is 23.4 Å². The minimum atomic E-state index is -0.557. The maximum atomic E-state index is 14.8. The SMILES string of the molecule is CC(=O)NC[C@H]1CN(c2ccc(N3CC=C(CC#N)[C@H](C)C3)c(F)c2)C(=O)O1. The largest absolute Gasteiger partial charge is 0.442 e. The van der Waals surface area contributed by atoms with Gasteiger partial charge in [0.2, 0.25) is 5.91 Å². The van der Waals surface area contributed by atoms with Crippen molar-refractivity contribution in [1.29, 1.82) is 5.26 Å². The Balaban J connectivity index is 1.70. The van der Waals surface area contributed by atoms with Crippen molar-refractivity contribution in [2.24, 2.45) is 5.92 Å². The smallest absolute Gasteiger partial charge is 0.414 e. The maximum Gasteiger partial charge on any atom is 0.414 e. The van der Waals surface area contributed by atoms with E-state index in [0.29, 0.717) is 30.9 Å². The van der Waals surface area contributed by atoms with Gasteiger partial charge in [0.15, 0.2) is 0 Å². The highest BCUT2D eigenvalue weighted by molar-refractivity contribution is 5.90. The number of carbonyl (C=O) groups is 2. The number of anilines is 2. The third-order valence-electron chi connectivity index (χ3n) is 5.02. The number of hydrogen-bond acceptors (Lipinski definition) is 5. The molecule has 0 spiro atoms. The summed E-state index contributed by atoms with van der Waals surface area (Å²) in [5, 5.41) is 11.5. The van der Waals surface area contributed by atoms with E-state index < -0.39 is 18.0 Å². The molecule has 148 valence electrons. The van der Waals surface area contributed by atoms with Gasteiger partial charge < -0.3 is 15.0 Å². The fourth-order valence-electron chi connectivity index (χ4n) is 3.50. The zero-order chi connectivity index (χ0) is 20.3. The summed E-state index contributed by atoms with van der Waals surface area (Å²) in [6.45, 7) is 5.07. The summed E-state index contributed by atoms with van der Waals surface area (Å²) in [6, 6.07) is 6.85. The van der Waals surface area contributed by atoms with Crippen LogP contribution < -0.4 is 15.1 Å². The van der Waals surface area contributed by atoms with E-state index in [1.165, 1.54) is 17.9 Å². The summed E-state index contributed by atoms with van der Waals surface area (Å²) >= 11 is 0. The summed E-state index contributed by atoms with van der Waals surface area (Å²) in [7, 11) is 0. The second-order valence-electron chi connectivity index (χ2n) is 7.11. The predicted octanol–water partition coefficient (Wildman–Crippen LogP) is 2.58. The van der Waals surface area contributed by atoms with Crippen LogP contribution in [0.25, 0.3) is 0 Å². The summed E-state index contributed by atoms with van der Waals surface area (Å²) < 4.78 is 20.0. The van der Waals surface area contributed by atoms with E-state index in [9.17, 15) is 14.0 Å². The average Bonchev–Trinajstić information content (AvgIpc) is 3.02. The lowest BCUT2D eigenvalue weighted by Crippen LogP contribution is -2.34. The van der Waals surface area contributed by atoms with Crippen molar-refractivity contribution < 1.29 is 18.7 Å². The normalized spacial score (nSPS) is 21.8. The minimum absolute atomic E-state index is 0.176. The average molecular weight is 386 g/mol. The fraction of sp³-hybridized carbons (Fsp3) is 0.450. The van der Waals surface area contributed by atoms with Crippen LogP contribution in [-0.4, -0.2) is 44.3 Å². The standard InChI is InChI=1S/C20H23FN4O3/c1-13-11-24(8-6-15(13)5-7-22)19-4-3-16(9-18(19)21)25-12-17(28-20(25)27)10-23-14(2)26/h3-4,6,9,13,17H,5,8,10-12H2,1-2H3,(H,23,26)/t13-,17+/m1/s1. The van der Waals surface area contributed by atoms with Gasteiger partial charge in [-0.15, -0.1) is 0 Å². The van der Waals surface area contributed by atoms with E-state index >= 15 is 0 Å². The number of ether oxygens (including phenoxy) is 1. The molecule has 28 heavy (non-hydrogen) atoms. The number of cyclic esters (lactones) is 1. The van der Waals surface area contributed by atoms with E-state index in [4.69, 9.17) is 10.00 Å². The van der Waals surface area contributed by atoms with E-state index in [1.807, 2.05) is 17.9 Å². The van der Waals surface area contributed by atoms with Gasteiger partial charge in [0.25, 0.3) is 0 Å². The van der Waals surface area contributed by atoms with Crippen LogP contribution in [-0.2, 0) is 9.53 Å². The lowest BCUT2D eigenvalue weighted by atomic mass is 9.94. The third-order valence-corrected chi connectivity index (χ3v) is 5.02. The lowest BCUT2D eigenvalue weighted by Gasteiger charge is -2.32. The molecule has 0 aliphatic carbocycles. The van der Waals surface area contributed by atoms with Crippen LogP contribution in [0, 0.1) is 23.1 Å². The van der Waals surface area contributed by atoms with Crippen molar-refractivity contribution in [3.63, 3.8) is 0 Å². The molecular formula is C20H23FN4O3. The summed E-state index contributed by atoms with van der Waals surface area (Å²) in [5.41, 5.74) is 1.97. The summed E-state index contributed by atoms with van der Waals surface area (Å²) in [5.74, 6) is -0.442. The maximum absolute atomic E-state index is 14.8. The predicted molar refractivity (Wildman–Crippen MR) is 102 cm³/mol. The zero-order valence-electron chi connectivity index (χ0n) is 15.9. The number of nitriles is 1. The lowest BCUT2D eigenvalue weighted by molar-refractivity contribution is -0.119. The molecule has 1 saturated heterocycles.